The van der Waals surface area contributed by atoms with E-state index >= 15 is 0 Å². The summed E-state index contributed by atoms with van der Waals surface area (Å²) in [6, 6.07) is 6.26. The van der Waals surface area contributed by atoms with Crippen LogP contribution in [0.15, 0.2) is 18.2 Å². The van der Waals surface area contributed by atoms with Gasteiger partial charge >= 0.3 is 0 Å². The number of anilines is 1. The average Bonchev–Trinajstić information content (AvgIpc) is 2.39. The predicted octanol–water partition coefficient (Wildman–Crippen LogP) is 2.50. The molecule has 0 aromatic heterocycles. The van der Waals surface area contributed by atoms with Crippen molar-refractivity contribution in [2.24, 2.45) is 0 Å². The molecule has 0 fully saturated rings. The zero-order valence-corrected chi connectivity index (χ0v) is 11.1. The van der Waals surface area contributed by atoms with Crippen molar-refractivity contribution in [2.75, 3.05) is 18.9 Å². The molecule has 18 heavy (non-hydrogen) atoms. The topological polar surface area (TPSA) is 41.1 Å². The van der Waals surface area contributed by atoms with Crippen LogP contribution in [0, 0.1) is 0 Å². The SMILES string of the molecule is CNCCCC(=O)Nc1cccc2c1CCCC2. The maximum atomic E-state index is 11.8. The van der Waals surface area contributed by atoms with Crippen molar-refractivity contribution in [3.05, 3.63) is 29.3 Å². The molecule has 2 rings (SSSR count). The third kappa shape index (κ3) is 3.33. The van der Waals surface area contributed by atoms with Gasteiger partial charge in [-0.25, -0.2) is 0 Å². The lowest BCUT2D eigenvalue weighted by atomic mass is 9.90. The summed E-state index contributed by atoms with van der Waals surface area (Å²) in [6.07, 6.45) is 6.23. The fraction of sp³-hybridized carbons (Fsp3) is 0.533. The van der Waals surface area contributed by atoms with Crippen molar-refractivity contribution in [3.63, 3.8) is 0 Å². The molecular weight excluding hydrogens is 224 g/mol. The maximum absolute atomic E-state index is 11.8. The highest BCUT2D eigenvalue weighted by Gasteiger charge is 2.13. The smallest absolute Gasteiger partial charge is 0.224 e. The van der Waals surface area contributed by atoms with Crippen LogP contribution < -0.4 is 10.6 Å². The van der Waals surface area contributed by atoms with E-state index in [9.17, 15) is 4.79 Å². The van der Waals surface area contributed by atoms with Gasteiger partial charge in [0.2, 0.25) is 5.91 Å². The van der Waals surface area contributed by atoms with Crippen LogP contribution in [0.25, 0.3) is 0 Å². The number of rotatable bonds is 5. The summed E-state index contributed by atoms with van der Waals surface area (Å²) in [5, 5.41) is 6.12. The molecule has 1 aromatic rings. The molecule has 2 N–H and O–H groups in total. The van der Waals surface area contributed by atoms with E-state index < -0.39 is 0 Å². The Bertz CT molecular complexity index is 415. The molecule has 0 aliphatic heterocycles. The third-order valence-corrected chi connectivity index (χ3v) is 3.50. The molecule has 0 spiro atoms. The van der Waals surface area contributed by atoms with Crippen LogP contribution in [0.4, 0.5) is 5.69 Å². The minimum atomic E-state index is 0.129. The van der Waals surface area contributed by atoms with E-state index in [2.05, 4.69) is 16.7 Å². The summed E-state index contributed by atoms with van der Waals surface area (Å²) in [4.78, 5) is 11.8. The Kier molecular flexibility index (Phi) is 4.76. The molecule has 1 amide bonds. The Morgan fingerprint density at radius 2 is 2.11 bits per heavy atom. The summed E-state index contributed by atoms with van der Waals surface area (Å²) >= 11 is 0. The first-order chi connectivity index (χ1) is 8.81. The second kappa shape index (κ2) is 6.55. The highest BCUT2D eigenvalue weighted by atomic mass is 16.1. The van der Waals surface area contributed by atoms with E-state index in [1.54, 1.807) is 0 Å². The van der Waals surface area contributed by atoms with E-state index in [0.717, 1.165) is 31.5 Å². The molecule has 0 saturated carbocycles. The zero-order valence-electron chi connectivity index (χ0n) is 11.1. The first-order valence-electron chi connectivity index (χ1n) is 6.86. The number of benzene rings is 1. The van der Waals surface area contributed by atoms with Crippen molar-refractivity contribution in [1.29, 1.82) is 0 Å². The third-order valence-electron chi connectivity index (χ3n) is 3.50. The fourth-order valence-corrected chi connectivity index (χ4v) is 2.54. The molecule has 0 atom stereocenters. The van der Waals surface area contributed by atoms with Gasteiger partial charge in [0.1, 0.15) is 0 Å². The van der Waals surface area contributed by atoms with Crippen LogP contribution in [0.1, 0.15) is 36.8 Å². The first-order valence-corrected chi connectivity index (χ1v) is 6.86. The van der Waals surface area contributed by atoms with Gasteiger partial charge in [-0.3, -0.25) is 4.79 Å². The van der Waals surface area contributed by atoms with Gasteiger partial charge < -0.3 is 10.6 Å². The second-order valence-corrected chi connectivity index (χ2v) is 4.91. The van der Waals surface area contributed by atoms with E-state index in [0.29, 0.717) is 6.42 Å². The van der Waals surface area contributed by atoms with E-state index in [4.69, 9.17) is 0 Å². The lowest BCUT2D eigenvalue weighted by Gasteiger charge is -2.19. The molecule has 0 unspecified atom stereocenters. The summed E-state index contributed by atoms with van der Waals surface area (Å²) in [7, 11) is 1.91. The Morgan fingerprint density at radius 1 is 1.28 bits per heavy atom. The molecule has 3 heteroatoms. The number of hydrogen-bond acceptors (Lipinski definition) is 2. The van der Waals surface area contributed by atoms with Crippen molar-refractivity contribution >= 4 is 11.6 Å². The molecule has 1 aliphatic carbocycles. The van der Waals surface area contributed by atoms with E-state index in [1.165, 1.54) is 24.0 Å². The lowest BCUT2D eigenvalue weighted by Crippen LogP contribution is -2.17. The Hall–Kier alpha value is -1.35. The van der Waals surface area contributed by atoms with Gasteiger partial charge in [-0.2, -0.15) is 0 Å². The summed E-state index contributed by atoms with van der Waals surface area (Å²) < 4.78 is 0. The lowest BCUT2D eigenvalue weighted by molar-refractivity contribution is -0.116. The molecule has 0 heterocycles. The fourth-order valence-electron chi connectivity index (χ4n) is 2.54. The summed E-state index contributed by atoms with van der Waals surface area (Å²) in [5.74, 6) is 0.129. The second-order valence-electron chi connectivity index (χ2n) is 4.91. The molecule has 98 valence electrons. The van der Waals surface area contributed by atoms with Crippen molar-refractivity contribution in [2.45, 2.75) is 38.5 Å². The zero-order chi connectivity index (χ0) is 12.8. The minimum absolute atomic E-state index is 0.129. The van der Waals surface area contributed by atoms with E-state index in [-0.39, 0.29) is 5.91 Å². The van der Waals surface area contributed by atoms with Gasteiger partial charge in [-0.05, 0) is 62.9 Å². The average molecular weight is 246 g/mol. The number of fused-ring (bicyclic) bond motifs is 1. The van der Waals surface area contributed by atoms with Crippen LogP contribution in [-0.2, 0) is 17.6 Å². The number of aryl methyl sites for hydroxylation is 1. The van der Waals surface area contributed by atoms with Crippen LogP contribution in [0.5, 0.6) is 0 Å². The van der Waals surface area contributed by atoms with Crippen molar-refractivity contribution < 1.29 is 4.79 Å². The first kappa shape index (κ1) is 13.1. The largest absolute Gasteiger partial charge is 0.326 e. The molecule has 0 radical (unpaired) electrons. The van der Waals surface area contributed by atoms with E-state index in [1.807, 2.05) is 19.2 Å². The molecule has 1 aromatic carbocycles. The normalized spacial score (nSPS) is 14.1. The summed E-state index contributed by atoms with van der Waals surface area (Å²) in [5.41, 5.74) is 3.79. The van der Waals surface area contributed by atoms with Gasteiger partial charge in [-0.15, -0.1) is 0 Å². The number of carbonyl (C=O) groups excluding carboxylic acids is 1. The molecule has 0 bridgehead atoms. The number of nitrogens with one attached hydrogen (secondary N) is 2. The Morgan fingerprint density at radius 3 is 2.94 bits per heavy atom. The maximum Gasteiger partial charge on any atom is 0.224 e. The standard InChI is InChI=1S/C15H22N2O/c1-16-11-5-10-15(18)17-14-9-4-7-12-6-2-3-8-13(12)14/h4,7,9,16H,2-3,5-6,8,10-11H2,1H3,(H,17,18). The Labute approximate surface area is 109 Å². The summed E-state index contributed by atoms with van der Waals surface area (Å²) in [6.45, 7) is 0.889. The number of hydrogen-bond donors (Lipinski definition) is 2. The highest BCUT2D eigenvalue weighted by molar-refractivity contribution is 5.91. The molecule has 3 nitrogen and oxygen atoms in total. The van der Waals surface area contributed by atoms with Gasteiger partial charge in [0, 0.05) is 12.1 Å². The molecule has 0 saturated heterocycles. The van der Waals surface area contributed by atoms with Crippen LogP contribution in [0.3, 0.4) is 0 Å². The van der Waals surface area contributed by atoms with Crippen LogP contribution >= 0.6 is 0 Å². The monoisotopic (exact) mass is 246 g/mol. The number of carbonyl (C=O) groups is 1. The van der Waals surface area contributed by atoms with Crippen molar-refractivity contribution in [3.8, 4) is 0 Å². The van der Waals surface area contributed by atoms with Gasteiger partial charge in [0.15, 0.2) is 0 Å². The number of amides is 1. The predicted molar refractivity (Wildman–Crippen MR) is 74.9 cm³/mol. The molecule has 1 aliphatic rings. The van der Waals surface area contributed by atoms with Gasteiger partial charge in [0.05, 0.1) is 0 Å². The minimum Gasteiger partial charge on any atom is -0.326 e. The van der Waals surface area contributed by atoms with Gasteiger partial charge in [-0.1, -0.05) is 12.1 Å². The highest BCUT2D eigenvalue weighted by Crippen LogP contribution is 2.27. The van der Waals surface area contributed by atoms with Gasteiger partial charge in [0.25, 0.3) is 0 Å². The van der Waals surface area contributed by atoms with Crippen LogP contribution in [-0.4, -0.2) is 19.5 Å². The Balaban J connectivity index is 1.98. The molecular formula is C15H22N2O. The van der Waals surface area contributed by atoms with Crippen molar-refractivity contribution in [1.82, 2.24) is 5.32 Å². The quantitative estimate of drug-likeness (QED) is 0.784. The van der Waals surface area contributed by atoms with Crippen LogP contribution in [0.2, 0.25) is 0 Å².